The Morgan fingerprint density at radius 3 is 2.54 bits per heavy atom. The zero-order valence-electron chi connectivity index (χ0n) is 14.6. The molecule has 132 valence electrons. The van der Waals surface area contributed by atoms with Crippen LogP contribution in [0.3, 0.4) is 0 Å². The van der Waals surface area contributed by atoms with Crippen LogP contribution in [0, 0.1) is 18.3 Å². The van der Waals surface area contributed by atoms with Crippen LogP contribution in [0.5, 0.6) is 0 Å². The Balaban J connectivity index is 1.79. The molecule has 1 atom stereocenters. The summed E-state index contributed by atoms with van der Waals surface area (Å²) in [5, 5.41) is 21.9. The zero-order chi connectivity index (χ0) is 18.7. The van der Waals surface area contributed by atoms with Gasteiger partial charge >= 0.3 is 0 Å². The molecule has 2 heterocycles. The van der Waals surface area contributed by atoms with E-state index in [0.717, 1.165) is 11.1 Å². The molecule has 0 aliphatic rings. The topological polar surface area (TPSA) is 91.2 Å². The summed E-state index contributed by atoms with van der Waals surface area (Å²) in [7, 11) is 0. The summed E-state index contributed by atoms with van der Waals surface area (Å²) in [4.78, 5) is 12.6. The number of aryl methyl sites for hydroxylation is 1. The van der Waals surface area contributed by atoms with Crippen LogP contribution in [0.15, 0.2) is 53.2 Å². The van der Waals surface area contributed by atoms with Crippen molar-refractivity contribution in [2.24, 2.45) is 0 Å². The monoisotopic (exact) mass is 349 g/mol. The van der Waals surface area contributed by atoms with Gasteiger partial charge in [0.2, 0.25) is 5.88 Å². The maximum absolute atomic E-state index is 12.6. The van der Waals surface area contributed by atoms with Gasteiger partial charge in [0.05, 0.1) is 6.10 Å². The van der Waals surface area contributed by atoms with Gasteiger partial charge in [-0.25, -0.2) is 0 Å². The molecule has 1 aromatic carbocycles. The summed E-state index contributed by atoms with van der Waals surface area (Å²) in [5.41, 5.74) is 2.17. The van der Waals surface area contributed by atoms with Crippen LogP contribution in [-0.4, -0.2) is 15.6 Å². The van der Waals surface area contributed by atoms with Crippen molar-refractivity contribution in [3.8, 4) is 12.0 Å². The molecule has 2 N–H and O–H groups in total. The van der Waals surface area contributed by atoms with Gasteiger partial charge in [-0.15, -0.1) is 0 Å². The van der Waals surface area contributed by atoms with Crippen molar-refractivity contribution >= 4 is 5.91 Å². The summed E-state index contributed by atoms with van der Waals surface area (Å²) in [6.45, 7) is 3.68. The number of hydrogen-bond acceptors (Lipinski definition) is 4. The van der Waals surface area contributed by atoms with Gasteiger partial charge < -0.3 is 14.8 Å². The smallest absolute Gasteiger partial charge is 0.256 e. The average Bonchev–Trinajstić information content (AvgIpc) is 3.27. The highest BCUT2D eigenvalue weighted by atomic mass is 16.4. The molecule has 0 bridgehead atoms. The Bertz CT molecular complexity index is 946. The Morgan fingerprint density at radius 2 is 1.96 bits per heavy atom. The van der Waals surface area contributed by atoms with E-state index in [4.69, 9.17) is 4.42 Å². The molecule has 0 spiro atoms. The quantitative estimate of drug-likeness (QED) is 0.740. The van der Waals surface area contributed by atoms with E-state index >= 15 is 0 Å². The minimum Gasteiger partial charge on any atom is -0.443 e. The summed E-state index contributed by atoms with van der Waals surface area (Å²) in [5.74, 6) is 0.370. The molecule has 3 aromatic rings. The van der Waals surface area contributed by atoms with Crippen molar-refractivity contribution in [2.45, 2.75) is 26.5 Å². The first-order valence-electron chi connectivity index (χ1n) is 8.23. The van der Waals surface area contributed by atoms with Gasteiger partial charge in [0.15, 0.2) is 0 Å². The van der Waals surface area contributed by atoms with Crippen LogP contribution in [0.1, 0.15) is 45.8 Å². The van der Waals surface area contributed by atoms with Crippen molar-refractivity contribution in [1.29, 1.82) is 5.26 Å². The number of carbonyl (C=O) groups is 1. The predicted octanol–water partition coefficient (Wildman–Crippen LogP) is 3.23. The lowest BCUT2D eigenvalue weighted by molar-refractivity contribution is 0.0949. The molecular weight excluding hydrogens is 330 g/mol. The van der Waals surface area contributed by atoms with Gasteiger partial charge in [-0.05, 0) is 37.1 Å². The van der Waals surface area contributed by atoms with Crippen molar-refractivity contribution in [3.05, 3.63) is 76.8 Å². The number of nitriles is 1. The minimum absolute atomic E-state index is 0.209. The molecule has 0 aliphatic carbocycles. The molecule has 6 heteroatoms. The predicted molar refractivity (Wildman–Crippen MR) is 95.7 cm³/mol. The van der Waals surface area contributed by atoms with E-state index in [1.807, 2.05) is 36.4 Å². The molecule has 0 radical (unpaired) electrons. The van der Waals surface area contributed by atoms with Gasteiger partial charge in [0.1, 0.15) is 23.0 Å². The number of furan rings is 1. The van der Waals surface area contributed by atoms with Crippen molar-refractivity contribution in [2.75, 3.05) is 0 Å². The second kappa shape index (κ2) is 7.30. The third kappa shape index (κ3) is 3.39. The number of aromatic nitrogens is 1. The number of aliphatic hydroxyl groups excluding tert-OH is 1. The average molecular weight is 349 g/mol. The van der Waals surface area contributed by atoms with Gasteiger partial charge in [-0.1, -0.05) is 24.3 Å². The molecule has 0 saturated carbocycles. The molecule has 26 heavy (non-hydrogen) atoms. The van der Waals surface area contributed by atoms with Crippen LogP contribution < -0.4 is 5.32 Å². The zero-order valence-corrected chi connectivity index (χ0v) is 14.6. The number of carbonyl (C=O) groups excluding carboxylic acids is 1. The van der Waals surface area contributed by atoms with Crippen LogP contribution >= 0.6 is 0 Å². The van der Waals surface area contributed by atoms with Gasteiger partial charge in [0.25, 0.3) is 5.91 Å². The lowest BCUT2D eigenvalue weighted by atomic mass is 10.1. The highest BCUT2D eigenvalue weighted by molar-refractivity contribution is 5.98. The molecule has 2 aromatic heterocycles. The highest BCUT2D eigenvalue weighted by Gasteiger charge is 2.24. The fourth-order valence-electron chi connectivity index (χ4n) is 2.74. The third-order valence-electron chi connectivity index (χ3n) is 4.16. The van der Waals surface area contributed by atoms with Gasteiger partial charge in [-0.2, -0.15) is 5.26 Å². The molecule has 3 rings (SSSR count). The van der Waals surface area contributed by atoms with E-state index in [-0.39, 0.29) is 17.0 Å². The first-order valence-corrected chi connectivity index (χ1v) is 8.23. The summed E-state index contributed by atoms with van der Waals surface area (Å²) in [6.07, 6.45) is 2.98. The summed E-state index contributed by atoms with van der Waals surface area (Å²) in [6, 6.07) is 13.0. The van der Waals surface area contributed by atoms with E-state index in [2.05, 4.69) is 11.4 Å². The Labute approximate surface area is 151 Å². The minimum atomic E-state index is -0.530. The molecule has 6 nitrogen and oxygen atoms in total. The highest BCUT2D eigenvalue weighted by Crippen LogP contribution is 2.25. The third-order valence-corrected chi connectivity index (χ3v) is 4.16. The van der Waals surface area contributed by atoms with E-state index in [1.165, 1.54) is 0 Å². The standard InChI is InChI=1S/C20H19N3O3/c1-13(24)16-7-5-15(6-8-16)12-22-19(25)18-14(2)26-20(17(18)11-21)23-9-3-4-10-23/h3-10,13,24H,12H2,1-2H3,(H,22,25). The Morgan fingerprint density at radius 1 is 1.31 bits per heavy atom. The van der Waals surface area contributed by atoms with Gasteiger partial charge in [0, 0.05) is 18.9 Å². The Kier molecular flexibility index (Phi) is 4.92. The second-order valence-corrected chi connectivity index (χ2v) is 6.02. The summed E-state index contributed by atoms with van der Waals surface area (Å²) < 4.78 is 7.31. The number of hydrogen-bond donors (Lipinski definition) is 2. The lowest BCUT2D eigenvalue weighted by Gasteiger charge is -2.08. The normalized spacial score (nSPS) is 11.8. The fourth-order valence-corrected chi connectivity index (χ4v) is 2.74. The molecule has 0 saturated heterocycles. The van der Waals surface area contributed by atoms with Crippen LogP contribution in [0.2, 0.25) is 0 Å². The molecular formula is C20H19N3O3. The molecule has 1 unspecified atom stereocenters. The lowest BCUT2D eigenvalue weighted by Crippen LogP contribution is -2.24. The first-order chi connectivity index (χ1) is 12.5. The molecule has 0 aliphatic heterocycles. The van der Waals surface area contributed by atoms with E-state index in [9.17, 15) is 15.2 Å². The maximum Gasteiger partial charge on any atom is 0.256 e. The number of aliphatic hydroxyl groups is 1. The Hall–Kier alpha value is -3.30. The largest absolute Gasteiger partial charge is 0.443 e. The van der Waals surface area contributed by atoms with Gasteiger partial charge in [-0.3, -0.25) is 9.36 Å². The fraction of sp³-hybridized carbons (Fsp3) is 0.200. The van der Waals surface area contributed by atoms with Crippen molar-refractivity contribution in [1.82, 2.24) is 9.88 Å². The second-order valence-electron chi connectivity index (χ2n) is 6.02. The van der Waals surface area contributed by atoms with Crippen LogP contribution in [0.4, 0.5) is 0 Å². The van der Waals surface area contributed by atoms with Crippen molar-refractivity contribution in [3.63, 3.8) is 0 Å². The van der Waals surface area contributed by atoms with E-state index < -0.39 is 6.10 Å². The van der Waals surface area contributed by atoms with E-state index in [1.54, 1.807) is 30.8 Å². The van der Waals surface area contributed by atoms with E-state index in [0.29, 0.717) is 18.2 Å². The molecule has 0 fully saturated rings. The molecule has 1 amide bonds. The number of nitrogens with zero attached hydrogens (tertiary/aromatic N) is 2. The van der Waals surface area contributed by atoms with Crippen molar-refractivity contribution < 1.29 is 14.3 Å². The number of rotatable bonds is 5. The number of benzene rings is 1. The first kappa shape index (κ1) is 17.5. The summed E-state index contributed by atoms with van der Waals surface area (Å²) >= 11 is 0. The number of nitrogens with one attached hydrogen (secondary N) is 1. The maximum atomic E-state index is 12.6. The SMILES string of the molecule is Cc1oc(-n2cccc2)c(C#N)c1C(=O)NCc1ccc(C(C)O)cc1. The van der Waals surface area contributed by atoms with Crippen LogP contribution in [0.25, 0.3) is 5.88 Å². The number of amides is 1. The van der Waals surface area contributed by atoms with Crippen LogP contribution in [-0.2, 0) is 6.54 Å².